The second-order valence-corrected chi connectivity index (χ2v) is 7.87. The summed E-state index contributed by atoms with van der Waals surface area (Å²) in [5.41, 5.74) is 1.95. The predicted octanol–water partition coefficient (Wildman–Crippen LogP) is 4.14. The van der Waals surface area contributed by atoms with E-state index < -0.39 is 0 Å². The molecule has 0 atom stereocenters. The van der Waals surface area contributed by atoms with Gasteiger partial charge in [0.1, 0.15) is 11.3 Å². The first-order valence-corrected chi connectivity index (χ1v) is 10.2. The maximum absolute atomic E-state index is 14.1. The van der Waals surface area contributed by atoms with Crippen molar-refractivity contribution in [3.63, 3.8) is 0 Å². The summed E-state index contributed by atoms with van der Waals surface area (Å²) >= 11 is 1.34. The van der Waals surface area contributed by atoms with E-state index in [2.05, 4.69) is 9.88 Å². The number of rotatable bonds is 5. The van der Waals surface area contributed by atoms with Crippen LogP contribution in [0.1, 0.15) is 15.9 Å². The van der Waals surface area contributed by atoms with Crippen LogP contribution in [-0.2, 0) is 4.74 Å². The first-order valence-electron chi connectivity index (χ1n) is 9.35. The largest absolute Gasteiger partial charge is 0.379 e. The molecule has 5 nitrogen and oxygen atoms in total. The van der Waals surface area contributed by atoms with E-state index in [0.717, 1.165) is 29.9 Å². The van der Waals surface area contributed by atoms with Gasteiger partial charge in [0.2, 0.25) is 0 Å². The van der Waals surface area contributed by atoms with Crippen LogP contribution < -0.4 is 4.90 Å². The normalized spacial score (nSPS) is 14.6. The second-order valence-electron chi connectivity index (χ2n) is 6.86. The Bertz CT molecular complexity index is 991. The third-order valence-corrected chi connectivity index (χ3v) is 5.89. The number of carbonyl (C=O) groups is 1. The molecule has 0 saturated carbocycles. The monoisotopic (exact) mass is 435 g/mol. The van der Waals surface area contributed by atoms with Crippen LogP contribution in [0.5, 0.6) is 0 Å². The number of para-hydroxylation sites is 1. The number of aryl methyl sites for hydroxylation is 1. The van der Waals surface area contributed by atoms with Crippen molar-refractivity contribution in [2.45, 2.75) is 6.92 Å². The molecule has 0 aliphatic carbocycles. The van der Waals surface area contributed by atoms with Gasteiger partial charge in [0.05, 0.1) is 17.9 Å². The maximum atomic E-state index is 14.1. The number of halogens is 2. The molecule has 0 spiro atoms. The summed E-state index contributed by atoms with van der Waals surface area (Å²) in [5, 5.41) is 0.528. The number of anilines is 1. The van der Waals surface area contributed by atoms with Gasteiger partial charge in [-0.3, -0.25) is 14.6 Å². The first kappa shape index (κ1) is 21.6. The van der Waals surface area contributed by atoms with E-state index in [4.69, 9.17) is 4.74 Å². The Hall–Kier alpha value is -2.06. The average Bonchev–Trinajstić information content (AvgIpc) is 3.14. The van der Waals surface area contributed by atoms with Gasteiger partial charge in [-0.1, -0.05) is 35.1 Å². The molecule has 1 amide bonds. The van der Waals surface area contributed by atoms with Crippen LogP contribution in [0.15, 0.2) is 42.5 Å². The van der Waals surface area contributed by atoms with E-state index in [0.29, 0.717) is 36.0 Å². The first-order chi connectivity index (χ1) is 13.6. The number of nitrogens with zero attached hydrogens (tertiary/aromatic N) is 3. The van der Waals surface area contributed by atoms with Crippen molar-refractivity contribution >= 4 is 45.0 Å². The van der Waals surface area contributed by atoms with Crippen molar-refractivity contribution in [2.75, 3.05) is 44.3 Å². The molecule has 2 aromatic carbocycles. The lowest BCUT2D eigenvalue weighted by molar-refractivity contribution is 0.0391. The highest BCUT2D eigenvalue weighted by Crippen LogP contribution is 2.31. The lowest BCUT2D eigenvalue weighted by Crippen LogP contribution is -2.43. The summed E-state index contributed by atoms with van der Waals surface area (Å²) < 4.78 is 20.3. The second kappa shape index (κ2) is 9.63. The van der Waals surface area contributed by atoms with Crippen LogP contribution in [0, 0.1) is 12.7 Å². The zero-order chi connectivity index (χ0) is 19.5. The minimum atomic E-state index is -0.365. The fourth-order valence-corrected chi connectivity index (χ4v) is 4.31. The summed E-state index contributed by atoms with van der Waals surface area (Å²) in [6.45, 7) is 6.29. The summed E-state index contributed by atoms with van der Waals surface area (Å²) in [4.78, 5) is 21.7. The third kappa shape index (κ3) is 4.93. The lowest BCUT2D eigenvalue weighted by Gasteiger charge is -2.29. The Balaban J connectivity index is 0.00000240. The summed E-state index contributed by atoms with van der Waals surface area (Å²) in [6.07, 6.45) is 0. The molecular formula is C21H23ClFN3O2S. The van der Waals surface area contributed by atoms with E-state index in [-0.39, 0.29) is 24.1 Å². The van der Waals surface area contributed by atoms with Crippen LogP contribution in [0.3, 0.4) is 0 Å². The smallest absolute Gasteiger partial charge is 0.260 e. The van der Waals surface area contributed by atoms with Crippen LogP contribution in [0.25, 0.3) is 10.2 Å². The fourth-order valence-electron chi connectivity index (χ4n) is 3.30. The number of benzene rings is 2. The topological polar surface area (TPSA) is 45.7 Å². The highest BCUT2D eigenvalue weighted by atomic mass is 35.5. The quantitative estimate of drug-likeness (QED) is 0.604. The number of ether oxygens (including phenoxy) is 1. The molecule has 1 aliphatic rings. The SMILES string of the molecule is Cc1cccc(C(=O)N(CCN2CCOCC2)c2nc3c(F)cccc3s2)c1.Cl. The van der Waals surface area contributed by atoms with Gasteiger partial charge in [-0.2, -0.15) is 0 Å². The number of thiazole rings is 1. The molecule has 0 bridgehead atoms. The molecule has 4 rings (SSSR count). The van der Waals surface area contributed by atoms with Gasteiger partial charge in [0.25, 0.3) is 5.91 Å². The molecule has 1 saturated heterocycles. The Labute approximate surface area is 179 Å². The van der Waals surface area contributed by atoms with Crippen LogP contribution in [0.2, 0.25) is 0 Å². The number of aromatic nitrogens is 1. The van der Waals surface area contributed by atoms with Crippen molar-refractivity contribution in [1.82, 2.24) is 9.88 Å². The average molecular weight is 436 g/mol. The maximum Gasteiger partial charge on any atom is 0.260 e. The molecular weight excluding hydrogens is 413 g/mol. The molecule has 3 aromatic rings. The van der Waals surface area contributed by atoms with Gasteiger partial charge in [0, 0.05) is 31.7 Å². The number of amides is 1. The van der Waals surface area contributed by atoms with Crippen molar-refractivity contribution in [3.05, 3.63) is 59.4 Å². The van der Waals surface area contributed by atoms with Gasteiger partial charge in [-0.15, -0.1) is 12.4 Å². The van der Waals surface area contributed by atoms with Gasteiger partial charge < -0.3 is 4.74 Å². The van der Waals surface area contributed by atoms with Crippen molar-refractivity contribution in [2.24, 2.45) is 0 Å². The van der Waals surface area contributed by atoms with E-state index in [1.165, 1.54) is 17.4 Å². The molecule has 2 heterocycles. The Morgan fingerprint density at radius 1 is 1.24 bits per heavy atom. The highest BCUT2D eigenvalue weighted by Gasteiger charge is 2.23. The molecule has 0 radical (unpaired) electrons. The van der Waals surface area contributed by atoms with Crippen molar-refractivity contribution < 1.29 is 13.9 Å². The van der Waals surface area contributed by atoms with Crippen LogP contribution in [0.4, 0.5) is 9.52 Å². The molecule has 1 fully saturated rings. The number of morpholine rings is 1. The number of hydrogen-bond acceptors (Lipinski definition) is 5. The minimum absolute atomic E-state index is 0. The molecule has 154 valence electrons. The molecule has 0 unspecified atom stereocenters. The lowest BCUT2D eigenvalue weighted by atomic mass is 10.1. The molecule has 0 N–H and O–H groups in total. The summed E-state index contributed by atoms with van der Waals surface area (Å²) in [6, 6.07) is 12.4. The van der Waals surface area contributed by atoms with E-state index >= 15 is 0 Å². The van der Waals surface area contributed by atoms with Crippen LogP contribution >= 0.6 is 23.7 Å². The van der Waals surface area contributed by atoms with Gasteiger partial charge >= 0.3 is 0 Å². The van der Waals surface area contributed by atoms with Gasteiger partial charge in [-0.05, 0) is 31.2 Å². The number of fused-ring (bicyclic) bond motifs is 1. The Morgan fingerprint density at radius 3 is 2.72 bits per heavy atom. The zero-order valence-corrected chi connectivity index (χ0v) is 17.8. The van der Waals surface area contributed by atoms with E-state index in [1.54, 1.807) is 11.0 Å². The summed E-state index contributed by atoms with van der Waals surface area (Å²) in [5.74, 6) is -0.479. The van der Waals surface area contributed by atoms with Gasteiger partial charge in [-0.25, -0.2) is 9.37 Å². The molecule has 1 aromatic heterocycles. The number of carbonyl (C=O) groups excluding carboxylic acids is 1. The standard InChI is InChI=1S/C21H22FN3O2S.ClH/c1-15-4-2-5-16(14-15)20(26)25(9-8-24-10-12-27-13-11-24)21-23-19-17(22)6-3-7-18(19)28-21;/h2-7,14H,8-13H2,1H3;1H. The van der Waals surface area contributed by atoms with E-state index in [9.17, 15) is 9.18 Å². The molecule has 1 aliphatic heterocycles. The minimum Gasteiger partial charge on any atom is -0.379 e. The third-order valence-electron chi connectivity index (χ3n) is 4.84. The van der Waals surface area contributed by atoms with Crippen molar-refractivity contribution in [3.8, 4) is 0 Å². The zero-order valence-electron chi connectivity index (χ0n) is 16.1. The van der Waals surface area contributed by atoms with Gasteiger partial charge in [0.15, 0.2) is 5.13 Å². The van der Waals surface area contributed by atoms with Crippen LogP contribution in [-0.4, -0.2) is 55.2 Å². The fraction of sp³-hybridized carbons (Fsp3) is 0.333. The van der Waals surface area contributed by atoms with Crippen molar-refractivity contribution in [1.29, 1.82) is 0 Å². The molecule has 8 heteroatoms. The summed E-state index contributed by atoms with van der Waals surface area (Å²) in [7, 11) is 0. The Morgan fingerprint density at radius 2 is 2.00 bits per heavy atom. The Kier molecular flexibility index (Phi) is 7.18. The highest BCUT2D eigenvalue weighted by molar-refractivity contribution is 7.22. The van der Waals surface area contributed by atoms with E-state index in [1.807, 2.05) is 37.3 Å². The number of hydrogen-bond donors (Lipinski definition) is 0. The molecule has 29 heavy (non-hydrogen) atoms. The predicted molar refractivity (Wildman–Crippen MR) is 117 cm³/mol.